The number of aliphatic hydroxyl groups is 2. The molecule has 0 saturated heterocycles. The minimum absolute atomic E-state index is 0.0658. The third-order valence-electron chi connectivity index (χ3n) is 2.68. The van der Waals surface area contributed by atoms with E-state index < -0.39 is 0 Å². The highest BCUT2D eigenvalue weighted by Crippen LogP contribution is 2.23. The van der Waals surface area contributed by atoms with Crippen LogP contribution in [-0.2, 0) is 0 Å². The maximum atomic E-state index is 12.0. The summed E-state index contributed by atoms with van der Waals surface area (Å²) in [5.74, 6) is -0.196. The van der Waals surface area contributed by atoms with E-state index in [1.807, 2.05) is 6.92 Å². The molecule has 1 aromatic carbocycles. The van der Waals surface area contributed by atoms with Gasteiger partial charge in [-0.05, 0) is 25.1 Å². The van der Waals surface area contributed by atoms with Gasteiger partial charge in [0.1, 0.15) is 0 Å². The number of carbonyl (C=O) groups excluding carboxylic acids is 1. The molecule has 0 radical (unpaired) electrons. The van der Waals surface area contributed by atoms with Crippen LogP contribution in [0.15, 0.2) is 18.2 Å². The molecule has 0 heterocycles. The summed E-state index contributed by atoms with van der Waals surface area (Å²) in [5.41, 5.74) is 7.38. The third kappa shape index (κ3) is 4.11. The topological polar surface area (TPSA) is 98.8 Å². The molecular weight excluding hydrogens is 246 g/mol. The minimum atomic E-state index is -0.196. The Kier molecular flexibility index (Phi) is 6.11. The van der Waals surface area contributed by atoms with Crippen LogP contribution in [0.3, 0.4) is 0 Å². The van der Waals surface area contributed by atoms with E-state index in [1.54, 1.807) is 23.1 Å². The fraction of sp³-hybridized carbons (Fsp3) is 0.462. The highest BCUT2D eigenvalue weighted by Gasteiger charge is 2.16. The van der Waals surface area contributed by atoms with Crippen molar-refractivity contribution in [2.24, 2.45) is 0 Å². The Morgan fingerprint density at radius 3 is 2.47 bits per heavy atom. The van der Waals surface area contributed by atoms with Crippen LogP contribution < -0.4 is 16.0 Å². The molecule has 106 valence electrons. The molecule has 0 aliphatic carbocycles. The van der Waals surface area contributed by atoms with E-state index in [-0.39, 0.29) is 19.1 Å². The van der Waals surface area contributed by atoms with Crippen LogP contribution in [-0.4, -0.2) is 49.0 Å². The molecule has 6 heteroatoms. The molecule has 6 nitrogen and oxygen atoms in total. The lowest BCUT2D eigenvalue weighted by Crippen LogP contribution is -2.33. The van der Waals surface area contributed by atoms with Gasteiger partial charge in [0, 0.05) is 25.3 Å². The Balaban J connectivity index is 3.13. The van der Waals surface area contributed by atoms with Gasteiger partial charge in [0.2, 0.25) is 0 Å². The predicted octanol–water partition coefficient (Wildman–Crippen LogP) is -0.190. The summed E-state index contributed by atoms with van der Waals surface area (Å²) in [4.78, 5) is 13.7. The average molecular weight is 267 g/mol. The first-order valence-electron chi connectivity index (χ1n) is 6.28. The number of carbonyl (C=O) groups is 1. The Labute approximate surface area is 112 Å². The van der Waals surface area contributed by atoms with Crippen molar-refractivity contribution >= 4 is 17.3 Å². The molecule has 0 aliphatic rings. The van der Waals surface area contributed by atoms with E-state index in [2.05, 4.69) is 5.32 Å². The second-order valence-corrected chi connectivity index (χ2v) is 4.07. The number of nitrogens with zero attached hydrogens (tertiary/aromatic N) is 1. The molecule has 0 aromatic heterocycles. The Morgan fingerprint density at radius 1 is 1.32 bits per heavy atom. The van der Waals surface area contributed by atoms with Crippen LogP contribution in [0, 0.1) is 0 Å². The molecule has 0 saturated carbocycles. The number of amides is 1. The molecule has 0 aliphatic heterocycles. The molecule has 0 spiro atoms. The molecule has 0 unspecified atom stereocenters. The van der Waals surface area contributed by atoms with E-state index in [9.17, 15) is 4.79 Å². The molecule has 0 fully saturated rings. The van der Waals surface area contributed by atoms with Gasteiger partial charge in [-0.1, -0.05) is 0 Å². The van der Waals surface area contributed by atoms with Gasteiger partial charge in [-0.3, -0.25) is 4.79 Å². The number of nitrogen functional groups attached to an aromatic ring is 1. The van der Waals surface area contributed by atoms with Crippen LogP contribution >= 0.6 is 0 Å². The van der Waals surface area contributed by atoms with Gasteiger partial charge >= 0.3 is 0 Å². The number of benzene rings is 1. The summed E-state index contributed by atoms with van der Waals surface area (Å²) in [6, 6.07) is 4.98. The average Bonchev–Trinajstić information content (AvgIpc) is 2.38. The highest BCUT2D eigenvalue weighted by molar-refractivity contribution is 6.00. The Hall–Kier alpha value is -1.79. The van der Waals surface area contributed by atoms with E-state index in [0.29, 0.717) is 36.6 Å². The quantitative estimate of drug-likeness (QED) is 0.513. The fourth-order valence-corrected chi connectivity index (χ4v) is 1.85. The van der Waals surface area contributed by atoms with Crippen molar-refractivity contribution in [3.8, 4) is 0 Å². The Morgan fingerprint density at radius 2 is 1.95 bits per heavy atom. The van der Waals surface area contributed by atoms with Gasteiger partial charge in [-0.2, -0.15) is 0 Å². The summed E-state index contributed by atoms with van der Waals surface area (Å²) in [5, 5.41) is 20.9. The zero-order chi connectivity index (χ0) is 14.3. The van der Waals surface area contributed by atoms with Crippen LogP contribution in [0.2, 0.25) is 0 Å². The first-order chi connectivity index (χ1) is 9.13. The molecular formula is C13H21N3O3. The Bertz CT molecular complexity index is 418. The monoisotopic (exact) mass is 267 g/mol. The van der Waals surface area contributed by atoms with Gasteiger partial charge < -0.3 is 26.2 Å². The first kappa shape index (κ1) is 15.3. The molecule has 0 bridgehead atoms. The predicted molar refractivity (Wildman–Crippen MR) is 75.2 cm³/mol. The molecule has 1 aromatic rings. The fourth-order valence-electron chi connectivity index (χ4n) is 1.85. The number of hydrogen-bond acceptors (Lipinski definition) is 5. The van der Waals surface area contributed by atoms with Crippen molar-refractivity contribution < 1.29 is 15.0 Å². The number of hydrogen-bond donors (Lipinski definition) is 4. The lowest BCUT2D eigenvalue weighted by Gasteiger charge is -2.25. The van der Waals surface area contributed by atoms with Crippen LogP contribution in [0.5, 0.6) is 0 Å². The van der Waals surface area contributed by atoms with Crippen molar-refractivity contribution in [3.05, 3.63) is 23.8 Å². The van der Waals surface area contributed by atoms with E-state index >= 15 is 0 Å². The van der Waals surface area contributed by atoms with Crippen LogP contribution in [0.4, 0.5) is 11.4 Å². The summed E-state index contributed by atoms with van der Waals surface area (Å²) in [7, 11) is 0. The van der Waals surface area contributed by atoms with Crippen molar-refractivity contribution in [2.45, 2.75) is 6.92 Å². The van der Waals surface area contributed by atoms with Gasteiger partial charge in [-0.25, -0.2) is 0 Å². The lowest BCUT2D eigenvalue weighted by molar-refractivity contribution is 0.0956. The van der Waals surface area contributed by atoms with E-state index in [0.717, 1.165) is 0 Å². The minimum Gasteiger partial charge on any atom is -0.399 e. The second-order valence-electron chi connectivity index (χ2n) is 4.07. The molecule has 5 N–H and O–H groups in total. The number of rotatable bonds is 7. The van der Waals surface area contributed by atoms with Crippen molar-refractivity contribution in [3.63, 3.8) is 0 Å². The van der Waals surface area contributed by atoms with E-state index in [4.69, 9.17) is 15.9 Å². The summed E-state index contributed by atoms with van der Waals surface area (Å²) >= 11 is 0. The molecule has 0 atom stereocenters. The van der Waals surface area contributed by atoms with Crippen LogP contribution in [0.25, 0.3) is 0 Å². The maximum absolute atomic E-state index is 12.0. The summed E-state index contributed by atoms with van der Waals surface area (Å²) < 4.78 is 0. The number of nitrogens with one attached hydrogen (secondary N) is 1. The van der Waals surface area contributed by atoms with Gasteiger partial charge in [0.15, 0.2) is 0 Å². The standard InChI is InChI=1S/C13H21N3O3/c1-2-15-13(19)11-4-3-10(14)9-12(11)16(5-7-17)6-8-18/h3-4,9,17-18H,2,5-8,14H2,1H3,(H,15,19). The molecule has 1 rings (SSSR count). The highest BCUT2D eigenvalue weighted by atomic mass is 16.3. The number of aliphatic hydroxyl groups excluding tert-OH is 2. The van der Waals surface area contributed by atoms with Gasteiger partial charge in [0.25, 0.3) is 5.91 Å². The van der Waals surface area contributed by atoms with Gasteiger partial charge in [0.05, 0.1) is 24.5 Å². The van der Waals surface area contributed by atoms with Crippen molar-refractivity contribution in [1.29, 1.82) is 0 Å². The SMILES string of the molecule is CCNC(=O)c1ccc(N)cc1N(CCO)CCO. The maximum Gasteiger partial charge on any atom is 0.253 e. The van der Waals surface area contributed by atoms with E-state index in [1.165, 1.54) is 0 Å². The smallest absolute Gasteiger partial charge is 0.253 e. The number of anilines is 2. The van der Waals surface area contributed by atoms with Gasteiger partial charge in [-0.15, -0.1) is 0 Å². The zero-order valence-corrected chi connectivity index (χ0v) is 11.1. The van der Waals surface area contributed by atoms with Crippen molar-refractivity contribution in [2.75, 3.05) is 43.5 Å². The summed E-state index contributed by atoms with van der Waals surface area (Å²) in [6.07, 6.45) is 0. The lowest BCUT2D eigenvalue weighted by atomic mass is 10.1. The normalized spacial score (nSPS) is 10.3. The molecule has 19 heavy (non-hydrogen) atoms. The largest absolute Gasteiger partial charge is 0.399 e. The zero-order valence-electron chi connectivity index (χ0n) is 11.1. The number of nitrogens with two attached hydrogens (primary N) is 1. The summed E-state index contributed by atoms with van der Waals surface area (Å²) in [6.45, 7) is 2.90. The van der Waals surface area contributed by atoms with Crippen LogP contribution in [0.1, 0.15) is 17.3 Å². The first-order valence-corrected chi connectivity index (χ1v) is 6.28. The molecule has 1 amide bonds. The second kappa shape index (κ2) is 7.60. The third-order valence-corrected chi connectivity index (χ3v) is 2.68. The van der Waals surface area contributed by atoms with Crippen molar-refractivity contribution in [1.82, 2.24) is 5.32 Å².